The van der Waals surface area contributed by atoms with Gasteiger partial charge in [0.2, 0.25) is 0 Å². The van der Waals surface area contributed by atoms with Crippen molar-refractivity contribution in [2.45, 2.75) is 13.0 Å². The Morgan fingerprint density at radius 1 is 1.47 bits per heavy atom. The summed E-state index contributed by atoms with van der Waals surface area (Å²) in [5, 5.41) is 8.73. The fourth-order valence-electron chi connectivity index (χ4n) is 1.79. The van der Waals surface area contributed by atoms with E-state index in [-0.39, 0.29) is 12.5 Å². The number of nitrogens with zero attached hydrogens (tertiary/aromatic N) is 1. The van der Waals surface area contributed by atoms with E-state index in [0.29, 0.717) is 19.5 Å². The molecule has 1 aliphatic heterocycles. The van der Waals surface area contributed by atoms with E-state index in [1.807, 2.05) is 18.2 Å². The minimum absolute atomic E-state index is 0.0925. The smallest absolute Gasteiger partial charge is 0.254 e. The molecule has 1 heterocycles. The van der Waals surface area contributed by atoms with Gasteiger partial charge in [0, 0.05) is 28.8 Å². The molecule has 3 nitrogen and oxygen atoms in total. The van der Waals surface area contributed by atoms with Crippen LogP contribution in [0.3, 0.4) is 0 Å². The van der Waals surface area contributed by atoms with Crippen LogP contribution in [0.1, 0.15) is 22.3 Å². The Labute approximate surface area is 102 Å². The molecule has 0 aromatic heterocycles. The van der Waals surface area contributed by atoms with Gasteiger partial charge in [-0.05, 0) is 52.8 Å². The molecule has 0 saturated carbocycles. The van der Waals surface area contributed by atoms with Crippen molar-refractivity contribution >= 4 is 28.5 Å². The monoisotopic (exact) mass is 317 g/mol. The number of hydrogen-bond acceptors (Lipinski definition) is 2. The maximum Gasteiger partial charge on any atom is 0.254 e. The summed E-state index contributed by atoms with van der Waals surface area (Å²) in [6.07, 6.45) is 0.650. The molecule has 0 spiro atoms. The molecule has 4 heteroatoms. The molecule has 2 rings (SSSR count). The molecule has 1 N–H and O–H groups in total. The van der Waals surface area contributed by atoms with Crippen molar-refractivity contribution in [1.29, 1.82) is 0 Å². The van der Waals surface area contributed by atoms with Crippen LogP contribution in [0.2, 0.25) is 0 Å². The van der Waals surface area contributed by atoms with Crippen LogP contribution in [0.15, 0.2) is 18.2 Å². The minimum Gasteiger partial charge on any atom is -0.396 e. The highest BCUT2D eigenvalue weighted by Gasteiger charge is 2.26. The number of aliphatic hydroxyl groups excluding tert-OH is 1. The summed E-state index contributed by atoms with van der Waals surface area (Å²) < 4.78 is 1.16. The normalized spacial score (nSPS) is 14.5. The largest absolute Gasteiger partial charge is 0.396 e. The third kappa shape index (κ3) is 2.15. The molecule has 1 aliphatic rings. The molecular weight excluding hydrogens is 305 g/mol. The molecule has 0 bridgehead atoms. The Hall–Kier alpha value is -0.620. The van der Waals surface area contributed by atoms with E-state index in [0.717, 1.165) is 14.7 Å². The number of fused-ring (bicyclic) bond motifs is 1. The third-order valence-corrected chi connectivity index (χ3v) is 3.20. The van der Waals surface area contributed by atoms with Gasteiger partial charge in [-0.25, -0.2) is 0 Å². The van der Waals surface area contributed by atoms with E-state index in [1.54, 1.807) is 4.90 Å². The zero-order valence-electron chi connectivity index (χ0n) is 8.24. The lowest BCUT2D eigenvalue weighted by Gasteiger charge is -2.13. The maximum absolute atomic E-state index is 11.9. The Morgan fingerprint density at radius 2 is 2.27 bits per heavy atom. The molecule has 0 saturated heterocycles. The van der Waals surface area contributed by atoms with Gasteiger partial charge >= 0.3 is 0 Å². The second-order valence-electron chi connectivity index (χ2n) is 3.61. The number of carbonyl (C=O) groups excluding carboxylic acids is 1. The first-order valence-electron chi connectivity index (χ1n) is 4.91. The molecule has 0 aliphatic carbocycles. The molecule has 0 radical (unpaired) electrons. The van der Waals surface area contributed by atoms with Crippen LogP contribution >= 0.6 is 22.6 Å². The first-order chi connectivity index (χ1) is 7.22. The van der Waals surface area contributed by atoms with Gasteiger partial charge in [-0.3, -0.25) is 4.79 Å². The molecule has 80 valence electrons. The first-order valence-corrected chi connectivity index (χ1v) is 5.99. The fraction of sp³-hybridized carbons (Fsp3) is 0.364. The lowest BCUT2D eigenvalue weighted by atomic mass is 10.1. The summed E-state index contributed by atoms with van der Waals surface area (Å²) in [5.41, 5.74) is 1.91. The van der Waals surface area contributed by atoms with E-state index in [9.17, 15) is 4.79 Å². The van der Waals surface area contributed by atoms with Gasteiger partial charge in [-0.2, -0.15) is 0 Å². The third-order valence-electron chi connectivity index (χ3n) is 2.53. The predicted octanol–water partition coefficient (Wildman–Crippen LogP) is 1.63. The van der Waals surface area contributed by atoms with Gasteiger partial charge in [0.25, 0.3) is 5.91 Å². The van der Waals surface area contributed by atoms with Gasteiger partial charge in [-0.1, -0.05) is 0 Å². The van der Waals surface area contributed by atoms with Crippen LogP contribution in [0.4, 0.5) is 0 Å². The molecule has 1 aromatic carbocycles. The standard InChI is InChI=1S/C11H12INO2/c12-9-2-3-10-8(6-9)7-13(11(10)15)4-1-5-14/h2-3,6,14H,1,4-5,7H2. The van der Waals surface area contributed by atoms with Gasteiger partial charge < -0.3 is 10.0 Å². The molecule has 0 unspecified atom stereocenters. The van der Waals surface area contributed by atoms with Crippen LogP contribution in [-0.4, -0.2) is 29.1 Å². The second-order valence-corrected chi connectivity index (χ2v) is 4.85. The van der Waals surface area contributed by atoms with E-state index in [2.05, 4.69) is 22.6 Å². The van der Waals surface area contributed by atoms with E-state index >= 15 is 0 Å². The van der Waals surface area contributed by atoms with Crippen LogP contribution in [-0.2, 0) is 6.54 Å². The summed E-state index contributed by atoms with van der Waals surface area (Å²) >= 11 is 2.25. The number of amides is 1. The highest BCUT2D eigenvalue weighted by Crippen LogP contribution is 2.24. The second kappa shape index (κ2) is 4.49. The molecule has 15 heavy (non-hydrogen) atoms. The lowest BCUT2D eigenvalue weighted by molar-refractivity contribution is 0.0768. The molecule has 1 amide bonds. The first kappa shape index (κ1) is 10.9. The van der Waals surface area contributed by atoms with Crippen molar-refractivity contribution in [2.24, 2.45) is 0 Å². The zero-order valence-corrected chi connectivity index (χ0v) is 10.4. The zero-order chi connectivity index (χ0) is 10.8. The number of carbonyl (C=O) groups is 1. The van der Waals surface area contributed by atoms with Crippen molar-refractivity contribution in [3.05, 3.63) is 32.9 Å². The van der Waals surface area contributed by atoms with Gasteiger partial charge in [0.15, 0.2) is 0 Å². The average Bonchev–Trinajstić information content (AvgIpc) is 2.52. The fourth-order valence-corrected chi connectivity index (χ4v) is 2.35. The van der Waals surface area contributed by atoms with Gasteiger partial charge in [0.1, 0.15) is 0 Å². The van der Waals surface area contributed by atoms with E-state index < -0.39 is 0 Å². The lowest BCUT2D eigenvalue weighted by Crippen LogP contribution is -2.25. The Bertz CT molecular complexity index is 392. The van der Waals surface area contributed by atoms with E-state index in [4.69, 9.17) is 5.11 Å². The minimum atomic E-state index is 0.0925. The van der Waals surface area contributed by atoms with E-state index in [1.165, 1.54) is 0 Å². The van der Waals surface area contributed by atoms with Crippen LogP contribution < -0.4 is 0 Å². The van der Waals surface area contributed by atoms with Gasteiger partial charge in [-0.15, -0.1) is 0 Å². The average molecular weight is 317 g/mol. The SMILES string of the molecule is O=C1c2ccc(I)cc2CN1CCCO. The van der Waals surface area contributed by atoms with Crippen molar-refractivity contribution in [2.75, 3.05) is 13.2 Å². The summed E-state index contributed by atoms with van der Waals surface area (Å²) in [6.45, 7) is 1.46. The maximum atomic E-state index is 11.9. The van der Waals surface area contributed by atoms with Crippen LogP contribution in [0.25, 0.3) is 0 Å². The predicted molar refractivity (Wildman–Crippen MR) is 65.6 cm³/mol. The number of halogens is 1. The highest BCUT2D eigenvalue weighted by atomic mass is 127. The quantitative estimate of drug-likeness (QED) is 0.861. The van der Waals surface area contributed by atoms with Crippen molar-refractivity contribution in [1.82, 2.24) is 4.90 Å². The summed E-state index contributed by atoms with van der Waals surface area (Å²) in [6, 6.07) is 5.89. The number of hydrogen-bond donors (Lipinski definition) is 1. The number of benzene rings is 1. The van der Waals surface area contributed by atoms with Crippen molar-refractivity contribution in [3.63, 3.8) is 0 Å². The molecular formula is C11H12INO2. The Morgan fingerprint density at radius 3 is 3.00 bits per heavy atom. The number of aliphatic hydroxyl groups is 1. The molecule has 0 fully saturated rings. The Balaban J connectivity index is 2.18. The molecule has 0 atom stereocenters. The van der Waals surface area contributed by atoms with Crippen molar-refractivity contribution < 1.29 is 9.90 Å². The summed E-state index contributed by atoms with van der Waals surface area (Å²) in [5.74, 6) is 0.0925. The highest BCUT2D eigenvalue weighted by molar-refractivity contribution is 14.1. The van der Waals surface area contributed by atoms with Gasteiger partial charge in [0.05, 0.1) is 0 Å². The van der Waals surface area contributed by atoms with Crippen LogP contribution in [0, 0.1) is 3.57 Å². The van der Waals surface area contributed by atoms with Crippen LogP contribution in [0.5, 0.6) is 0 Å². The number of rotatable bonds is 3. The summed E-state index contributed by atoms with van der Waals surface area (Å²) in [7, 11) is 0. The molecule has 1 aromatic rings. The summed E-state index contributed by atoms with van der Waals surface area (Å²) in [4.78, 5) is 13.6. The van der Waals surface area contributed by atoms with Crippen molar-refractivity contribution in [3.8, 4) is 0 Å². The topological polar surface area (TPSA) is 40.5 Å². The Kier molecular flexibility index (Phi) is 3.25.